The Labute approximate surface area is 211 Å². The van der Waals surface area contributed by atoms with Gasteiger partial charge in [-0.05, 0) is 71.2 Å². The van der Waals surface area contributed by atoms with Gasteiger partial charge in [0, 0.05) is 0 Å². The van der Waals surface area contributed by atoms with Gasteiger partial charge in [-0.3, -0.25) is 14.9 Å². The molecule has 1 fully saturated rings. The third kappa shape index (κ3) is 5.44. The Morgan fingerprint density at radius 3 is 2.46 bits per heavy atom. The summed E-state index contributed by atoms with van der Waals surface area (Å²) in [6, 6.07) is 19.1. The second-order valence-corrected chi connectivity index (χ2v) is 8.69. The van der Waals surface area contributed by atoms with E-state index in [-0.39, 0.29) is 5.57 Å². The standard InChI is InChI=1S/C27H23BrN2O5/c1-3-34-23-15-19(14-22(28)24(23)35-16-18-9-7-8-17(2)12-18)13-21-25(31)29-27(33)30(26(21)32)20-10-5-4-6-11-20/h4-15H,3,16H2,1-2H3,(H,29,31,33)/b21-13+. The summed E-state index contributed by atoms with van der Waals surface area (Å²) in [5.41, 5.74) is 2.88. The second-order valence-electron chi connectivity index (χ2n) is 7.83. The van der Waals surface area contributed by atoms with Gasteiger partial charge in [-0.2, -0.15) is 0 Å². The van der Waals surface area contributed by atoms with Gasteiger partial charge in [-0.25, -0.2) is 9.69 Å². The summed E-state index contributed by atoms with van der Waals surface area (Å²) in [7, 11) is 0. The number of urea groups is 1. The number of nitrogens with zero attached hydrogens (tertiary/aromatic N) is 1. The molecule has 0 saturated carbocycles. The normalized spacial score (nSPS) is 14.8. The predicted molar refractivity (Wildman–Crippen MR) is 136 cm³/mol. The van der Waals surface area contributed by atoms with Gasteiger partial charge >= 0.3 is 6.03 Å². The third-order valence-corrected chi connectivity index (χ3v) is 5.81. The van der Waals surface area contributed by atoms with Crippen molar-refractivity contribution in [1.82, 2.24) is 5.32 Å². The van der Waals surface area contributed by atoms with Crippen molar-refractivity contribution in [1.29, 1.82) is 0 Å². The van der Waals surface area contributed by atoms with E-state index in [9.17, 15) is 14.4 Å². The number of hydrogen-bond donors (Lipinski definition) is 1. The van der Waals surface area contributed by atoms with E-state index in [1.807, 2.05) is 38.1 Å². The number of para-hydroxylation sites is 1. The monoisotopic (exact) mass is 534 g/mol. The number of barbiturate groups is 1. The Morgan fingerprint density at radius 1 is 0.971 bits per heavy atom. The molecule has 1 saturated heterocycles. The van der Waals surface area contributed by atoms with Gasteiger partial charge < -0.3 is 9.47 Å². The number of amides is 4. The Morgan fingerprint density at radius 2 is 1.74 bits per heavy atom. The first kappa shape index (κ1) is 24.2. The quantitative estimate of drug-likeness (QED) is 0.324. The highest BCUT2D eigenvalue weighted by Crippen LogP contribution is 2.38. The molecule has 4 amide bonds. The highest BCUT2D eigenvalue weighted by atomic mass is 79.9. The number of carbonyl (C=O) groups excluding carboxylic acids is 3. The fourth-order valence-corrected chi connectivity index (χ4v) is 4.24. The lowest BCUT2D eigenvalue weighted by atomic mass is 10.1. The number of hydrogen-bond acceptors (Lipinski definition) is 5. The van der Waals surface area contributed by atoms with Crippen LogP contribution in [0.5, 0.6) is 11.5 Å². The fourth-order valence-electron chi connectivity index (χ4n) is 3.67. The van der Waals surface area contributed by atoms with Crippen LogP contribution in [0.15, 0.2) is 76.8 Å². The number of nitrogens with one attached hydrogen (secondary N) is 1. The number of anilines is 1. The summed E-state index contributed by atoms with van der Waals surface area (Å²) in [6.07, 6.45) is 1.43. The van der Waals surface area contributed by atoms with Gasteiger partial charge in [0.1, 0.15) is 12.2 Å². The van der Waals surface area contributed by atoms with Crippen LogP contribution in [0.4, 0.5) is 10.5 Å². The molecule has 0 aliphatic carbocycles. The number of imide groups is 2. The van der Waals surface area contributed by atoms with Gasteiger partial charge in [-0.1, -0.05) is 48.0 Å². The summed E-state index contributed by atoms with van der Waals surface area (Å²) in [4.78, 5) is 38.9. The van der Waals surface area contributed by atoms with Crippen molar-refractivity contribution in [2.45, 2.75) is 20.5 Å². The van der Waals surface area contributed by atoms with E-state index < -0.39 is 17.8 Å². The SMILES string of the molecule is CCOc1cc(/C=C2\C(=O)NC(=O)N(c3ccccc3)C2=O)cc(Br)c1OCc1cccc(C)c1. The van der Waals surface area contributed by atoms with E-state index in [2.05, 4.69) is 21.2 Å². The molecule has 3 aromatic rings. The first-order valence-electron chi connectivity index (χ1n) is 11.0. The second kappa shape index (κ2) is 10.6. The maximum Gasteiger partial charge on any atom is 0.335 e. The van der Waals surface area contributed by atoms with Crippen LogP contribution in [0.3, 0.4) is 0 Å². The van der Waals surface area contributed by atoms with E-state index in [1.54, 1.807) is 42.5 Å². The Balaban J connectivity index is 1.66. The van der Waals surface area contributed by atoms with Crippen LogP contribution >= 0.6 is 15.9 Å². The zero-order valence-electron chi connectivity index (χ0n) is 19.2. The van der Waals surface area contributed by atoms with Crippen molar-refractivity contribution in [2.24, 2.45) is 0 Å². The largest absolute Gasteiger partial charge is 0.490 e. The molecule has 1 aliphatic heterocycles. The van der Waals surface area contributed by atoms with Gasteiger partial charge in [0.15, 0.2) is 11.5 Å². The van der Waals surface area contributed by atoms with Crippen LogP contribution in [0.2, 0.25) is 0 Å². The molecule has 4 rings (SSSR count). The minimum Gasteiger partial charge on any atom is -0.490 e. The summed E-state index contributed by atoms with van der Waals surface area (Å²) in [5.74, 6) is -0.503. The molecular formula is C27H23BrN2O5. The Bertz CT molecular complexity index is 1320. The van der Waals surface area contributed by atoms with Crippen molar-refractivity contribution in [3.05, 3.63) is 93.5 Å². The van der Waals surface area contributed by atoms with Crippen molar-refractivity contribution in [3.8, 4) is 11.5 Å². The van der Waals surface area contributed by atoms with Gasteiger partial charge in [0.2, 0.25) is 0 Å². The van der Waals surface area contributed by atoms with E-state index in [1.165, 1.54) is 6.08 Å². The average molecular weight is 535 g/mol. The van der Waals surface area contributed by atoms with Crippen molar-refractivity contribution in [3.63, 3.8) is 0 Å². The molecule has 0 bridgehead atoms. The number of halogens is 1. The van der Waals surface area contributed by atoms with E-state index in [0.717, 1.165) is 16.0 Å². The van der Waals surface area contributed by atoms with Crippen LogP contribution in [-0.2, 0) is 16.2 Å². The molecule has 3 aromatic carbocycles. The van der Waals surface area contributed by atoms with E-state index in [0.29, 0.717) is 40.4 Å². The summed E-state index contributed by atoms with van der Waals surface area (Å²) >= 11 is 3.52. The Hall–Kier alpha value is -3.91. The van der Waals surface area contributed by atoms with Crippen molar-refractivity contribution >= 4 is 45.5 Å². The average Bonchev–Trinajstić information content (AvgIpc) is 2.82. The maximum atomic E-state index is 13.1. The van der Waals surface area contributed by atoms with Crippen LogP contribution in [0.25, 0.3) is 6.08 Å². The molecule has 0 unspecified atom stereocenters. The fraction of sp³-hybridized carbons (Fsp3) is 0.148. The molecular weight excluding hydrogens is 512 g/mol. The molecule has 0 aromatic heterocycles. The molecule has 35 heavy (non-hydrogen) atoms. The van der Waals surface area contributed by atoms with E-state index >= 15 is 0 Å². The minimum atomic E-state index is -0.792. The predicted octanol–water partition coefficient (Wildman–Crippen LogP) is 5.40. The van der Waals surface area contributed by atoms with Crippen LogP contribution in [-0.4, -0.2) is 24.5 Å². The smallest absolute Gasteiger partial charge is 0.335 e. The molecule has 0 atom stereocenters. The lowest BCUT2D eigenvalue weighted by Crippen LogP contribution is -2.54. The van der Waals surface area contributed by atoms with Gasteiger partial charge in [0.25, 0.3) is 11.8 Å². The molecule has 0 radical (unpaired) electrons. The summed E-state index contributed by atoms with van der Waals surface area (Å²) in [5, 5.41) is 2.23. The highest BCUT2D eigenvalue weighted by Gasteiger charge is 2.36. The zero-order valence-corrected chi connectivity index (χ0v) is 20.8. The van der Waals surface area contributed by atoms with Gasteiger partial charge in [-0.15, -0.1) is 0 Å². The van der Waals surface area contributed by atoms with Crippen LogP contribution in [0.1, 0.15) is 23.6 Å². The number of benzene rings is 3. The molecule has 8 heteroatoms. The summed E-state index contributed by atoms with van der Waals surface area (Å²) in [6.45, 7) is 4.60. The number of carbonyl (C=O) groups is 3. The molecule has 1 N–H and O–H groups in total. The molecule has 1 aliphatic rings. The van der Waals surface area contributed by atoms with Crippen molar-refractivity contribution in [2.75, 3.05) is 11.5 Å². The van der Waals surface area contributed by atoms with Crippen LogP contribution < -0.4 is 19.7 Å². The first-order valence-corrected chi connectivity index (χ1v) is 11.8. The minimum absolute atomic E-state index is 0.170. The number of aryl methyl sites for hydroxylation is 1. The maximum absolute atomic E-state index is 13.1. The number of ether oxygens (including phenoxy) is 2. The molecule has 1 heterocycles. The molecule has 0 spiro atoms. The number of rotatable bonds is 7. The lowest BCUT2D eigenvalue weighted by Gasteiger charge is -2.26. The van der Waals surface area contributed by atoms with E-state index in [4.69, 9.17) is 9.47 Å². The third-order valence-electron chi connectivity index (χ3n) is 5.22. The molecule has 7 nitrogen and oxygen atoms in total. The summed E-state index contributed by atoms with van der Waals surface area (Å²) < 4.78 is 12.4. The Kier molecular flexibility index (Phi) is 7.31. The zero-order chi connectivity index (χ0) is 24.9. The first-order chi connectivity index (χ1) is 16.9. The van der Waals surface area contributed by atoms with Gasteiger partial charge in [0.05, 0.1) is 16.8 Å². The van der Waals surface area contributed by atoms with Crippen molar-refractivity contribution < 1.29 is 23.9 Å². The lowest BCUT2D eigenvalue weighted by molar-refractivity contribution is -0.122. The van der Waals surface area contributed by atoms with Crippen LogP contribution in [0, 0.1) is 6.92 Å². The topological polar surface area (TPSA) is 84.9 Å². The molecule has 178 valence electrons. The highest BCUT2D eigenvalue weighted by molar-refractivity contribution is 9.10.